The molecule has 0 radical (unpaired) electrons. The summed E-state index contributed by atoms with van der Waals surface area (Å²) in [5.74, 6) is 0. The van der Waals surface area contributed by atoms with Gasteiger partial charge in [-0.15, -0.1) is 0 Å². The zero-order valence-corrected chi connectivity index (χ0v) is 6.85. The van der Waals surface area contributed by atoms with Gasteiger partial charge >= 0.3 is 0 Å². The summed E-state index contributed by atoms with van der Waals surface area (Å²) in [5, 5.41) is 0. The third kappa shape index (κ3) is 0.867. The van der Waals surface area contributed by atoms with E-state index in [9.17, 15) is 0 Å². The van der Waals surface area contributed by atoms with Crippen LogP contribution < -0.4 is 0 Å². The monoisotopic (exact) mass is 165 g/mol. The highest BCUT2D eigenvalue weighted by Crippen LogP contribution is 2.09. The Morgan fingerprint density at radius 3 is 3.18 bits per heavy atom. The van der Waals surface area contributed by atoms with Crippen LogP contribution in [0.1, 0.15) is 0 Å². The minimum Gasteiger partial charge on any atom is -0.351 e. The van der Waals surface area contributed by atoms with Crippen molar-refractivity contribution in [3.63, 3.8) is 0 Å². The fraction of sp³-hybridized carbons (Fsp3) is 0.143. The smallest absolute Gasteiger partial charge is 0.131 e. The van der Waals surface area contributed by atoms with Gasteiger partial charge in [-0.25, -0.2) is 4.98 Å². The highest BCUT2D eigenvalue weighted by molar-refractivity contribution is 7.71. The number of fused-ring (bicyclic) bond motifs is 1. The van der Waals surface area contributed by atoms with Crippen molar-refractivity contribution < 1.29 is 0 Å². The molecule has 0 amide bonds. The third-order valence-electron chi connectivity index (χ3n) is 1.65. The average Bonchev–Trinajstić information content (AvgIpc) is 2.35. The van der Waals surface area contributed by atoms with Crippen molar-refractivity contribution in [2.45, 2.75) is 0 Å². The molecule has 2 rings (SSSR count). The second-order valence-electron chi connectivity index (χ2n) is 2.40. The lowest BCUT2D eigenvalue weighted by Gasteiger charge is -1.91. The van der Waals surface area contributed by atoms with Gasteiger partial charge in [0.15, 0.2) is 0 Å². The summed E-state index contributed by atoms with van der Waals surface area (Å²) >= 11 is 5.04. The maximum absolute atomic E-state index is 5.04. The molecule has 2 aromatic heterocycles. The van der Waals surface area contributed by atoms with Crippen LogP contribution in [0, 0.1) is 4.64 Å². The first-order chi connectivity index (χ1) is 5.29. The molecule has 0 aromatic carbocycles. The lowest BCUT2D eigenvalue weighted by atomic mass is 10.4. The van der Waals surface area contributed by atoms with Crippen molar-refractivity contribution in [2.75, 3.05) is 0 Å². The highest BCUT2D eigenvalue weighted by Gasteiger charge is 1.98. The van der Waals surface area contributed by atoms with Crippen LogP contribution in [0.25, 0.3) is 11.0 Å². The van der Waals surface area contributed by atoms with E-state index in [1.165, 1.54) is 0 Å². The van der Waals surface area contributed by atoms with E-state index in [2.05, 4.69) is 9.97 Å². The van der Waals surface area contributed by atoms with E-state index >= 15 is 0 Å². The van der Waals surface area contributed by atoms with E-state index in [0.717, 1.165) is 11.0 Å². The maximum atomic E-state index is 5.04. The third-order valence-corrected chi connectivity index (χ3v) is 1.96. The molecule has 0 unspecified atom stereocenters. The number of pyridine rings is 1. The summed E-state index contributed by atoms with van der Waals surface area (Å²) < 4.78 is 2.64. The SMILES string of the molecule is Cn1cnc2c(=S)[nH]ccc21. The normalized spacial score (nSPS) is 10.6. The number of H-pyrrole nitrogens is 1. The van der Waals surface area contributed by atoms with Crippen LogP contribution in [0.15, 0.2) is 18.6 Å². The number of rotatable bonds is 0. The van der Waals surface area contributed by atoms with Crippen molar-refractivity contribution in [2.24, 2.45) is 7.05 Å². The Morgan fingerprint density at radius 2 is 2.45 bits per heavy atom. The van der Waals surface area contributed by atoms with Crippen molar-refractivity contribution >= 4 is 23.3 Å². The molecule has 1 N–H and O–H groups in total. The fourth-order valence-electron chi connectivity index (χ4n) is 1.08. The molecule has 0 spiro atoms. The number of hydrogen-bond acceptors (Lipinski definition) is 2. The second-order valence-corrected chi connectivity index (χ2v) is 2.80. The molecular weight excluding hydrogens is 158 g/mol. The van der Waals surface area contributed by atoms with Crippen molar-refractivity contribution in [1.82, 2.24) is 14.5 Å². The van der Waals surface area contributed by atoms with Gasteiger partial charge in [0.25, 0.3) is 0 Å². The number of imidazole rings is 1. The molecule has 0 aliphatic heterocycles. The Kier molecular flexibility index (Phi) is 1.29. The first kappa shape index (κ1) is 6.54. The topological polar surface area (TPSA) is 33.6 Å². The Hall–Kier alpha value is -1.16. The molecule has 0 fully saturated rings. The highest BCUT2D eigenvalue weighted by atomic mass is 32.1. The largest absolute Gasteiger partial charge is 0.351 e. The molecule has 11 heavy (non-hydrogen) atoms. The summed E-state index contributed by atoms with van der Waals surface area (Å²) in [4.78, 5) is 7.07. The fourth-order valence-corrected chi connectivity index (χ4v) is 1.30. The molecule has 4 heteroatoms. The number of aromatic nitrogens is 3. The molecule has 0 atom stereocenters. The van der Waals surface area contributed by atoms with Crippen molar-refractivity contribution in [3.05, 3.63) is 23.2 Å². The lowest BCUT2D eigenvalue weighted by Crippen LogP contribution is -1.83. The molecule has 56 valence electrons. The summed E-state index contributed by atoms with van der Waals surface area (Å²) in [7, 11) is 1.95. The standard InChI is InChI=1S/C7H7N3S/c1-10-4-9-6-5(10)2-3-8-7(6)11/h2-4H,1H3,(H,8,11). The number of nitrogens with one attached hydrogen (secondary N) is 1. The summed E-state index contributed by atoms with van der Waals surface area (Å²) in [6.07, 6.45) is 3.58. The van der Waals surface area contributed by atoms with Crippen LogP contribution in [0.4, 0.5) is 0 Å². The quantitative estimate of drug-likeness (QED) is 0.602. The van der Waals surface area contributed by atoms with Crippen LogP contribution in [-0.4, -0.2) is 14.5 Å². The van der Waals surface area contributed by atoms with Gasteiger partial charge in [-0.3, -0.25) is 0 Å². The zero-order valence-electron chi connectivity index (χ0n) is 6.03. The van der Waals surface area contributed by atoms with E-state index in [4.69, 9.17) is 12.2 Å². The number of aryl methyl sites for hydroxylation is 1. The maximum Gasteiger partial charge on any atom is 0.131 e. The van der Waals surface area contributed by atoms with E-state index < -0.39 is 0 Å². The molecule has 2 aromatic rings. The molecular formula is C7H7N3S. The zero-order chi connectivity index (χ0) is 7.84. The molecule has 0 bridgehead atoms. The molecule has 0 aliphatic rings. The van der Waals surface area contributed by atoms with Gasteiger partial charge in [0.2, 0.25) is 0 Å². The molecule has 0 saturated heterocycles. The van der Waals surface area contributed by atoms with E-state index in [1.54, 1.807) is 6.33 Å². The predicted molar refractivity (Wildman–Crippen MR) is 45.9 cm³/mol. The van der Waals surface area contributed by atoms with Gasteiger partial charge in [0, 0.05) is 13.2 Å². The van der Waals surface area contributed by atoms with Crippen LogP contribution in [0.5, 0.6) is 0 Å². The van der Waals surface area contributed by atoms with Gasteiger partial charge < -0.3 is 9.55 Å². The lowest BCUT2D eigenvalue weighted by molar-refractivity contribution is 0.947. The predicted octanol–water partition coefficient (Wildman–Crippen LogP) is 1.63. The molecule has 0 saturated carbocycles. The number of nitrogens with zero attached hydrogens (tertiary/aromatic N) is 2. The average molecular weight is 165 g/mol. The van der Waals surface area contributed by atoms with E-state index in [1.807, 2.05) is 23.9 Å². The summed E-state index contributed by atoms with van der Waals surface area (Å²) in [5.41, 5.74) is 1.93. The van der Waals surface area contributed by atoms with Crippen molar-refractivity contribution in [1.29, 1.82) is 0 Å². The minimum absolute atomic E-state index is 0.697. The molecule has 3 nitrogen and oxygen atoms in total. The number of hydrogen-bond donors (Lipinski definition) is 1. The Balaban J connectivity index is 3.06. The Bertz CT molecular complexity index is 440. The van der Waals surface area contributed by atoms with Crippen molar-refractivity contribution in [3.8, 4) is 0 Å². The van der Waals surface area contributed by atoms with E-state index in [-0.39, 0.29) is 0 Å². The van der Waals surface area contributed by atoms with Crippen LogP contribution in [-0.2, 0) is 7.05 Å². The Labute approximate surface area is 68.7 Å². The Morgan fingerprint density at radius 1 is 1.64 bits per heavy atom. The van der Waals surface area contributed by atoms with Gasteiger partial charge in [-0.1, -0.05) is 12.2 Å². The molecule has 0 aliphatic carbocycles. The first-order valence-electron chi connectivity index (χ1n) is 3.28. The van der Waals surface area contributed by atoms with Crippen LogP contribution >= 0.6 is 12.2 Å². The number of aromatic amines is 1. The summed E-state index contributed by atoms with van der Waals surface area (Å²) in [6, 6.07) is 1.96. The first-order valence-corrected chi connectivity index (χ1v) is 3.68. The van der Waals surface area contributed by atoms with Gasteiger partial charge in [-0.2, -0.15) is 0 Å². The van der Waals surface area contributed by atoms with Crippen LogP contribution in [0.3, 0.4) is 0 Å². The van der Waals surface area contributed by atoms with Gasteiger partial charge in [0.05, 0.1) is 11.8 Å². The molecule has 2 heterocycles. The van der Waals surface area contributed by atoms with Gasteiger partial charge in [-0.05, 0) is 6.07 Å². The second kappa shape index (κ2) is 2.17. The van der Waals surface area contributed by atoms with Crippen LogP contribution in [0.2, 0.25) is 0 Å². The van der Waals surface area contributed by atoms with E-state index in [0.29, 0.717) is 4.64 Å². The summed E-state index contributed by atoms with van der Waals surface area (Å²) in [6.45, 7) is 0. The van der Waals surface area contributed by atoms with Gasteiger partial charge in [0.1, 0.15) is 10.2 Å². The minimum atomic E-state index is 0.697.